The largest absolute Gasteiger partial charge is 0.284 e. The molecule has 0 bridgehead atoms. The van der Waals surface area contributed by atoms with Gasteiger partial charge < -0.3 is 0 Å². The molecule has 5 nitrogen and oxygen atoms in total. The van der Waals surface area contributed by atoms with E-state index in [2.05, 4.69) is 45.6 Å². The molecule has 1 aliphatic rings. The lowest BCUT2D eigenvalue weighted by atomic mass is 10.2. The van der Waals surface area contributed by atoms with Gasteiger partial charge in [0.1, 0.15) is 0 Å². The van der Waals surface area contributed by atoms with Gasteiger partial charge in [0.05, 0.1) is 6.67 Å². The van der Waals surface area contributed by atoms with Crippen LogP contribution in [0.2, 0.25) is 0 Å². The Morgan fingerprint density at radius 1 is 1.00 bits per heavy atom. The third-order valence-corrected chi connectivity index (χ3v) is 5.00. The molecule has 0 saturated carbocycles. The Balaban J connectivity index is 1.83. The van der Waals surface area contributed by atoms with Crippen LogP contribution in [0.1, 0.15) is 18.4 Å². The Morgan fingerprint density at radius 2 is 1.68 bits per heavy atom. The van der Waals surface area contributed by atoms with E-state index in [0.29, 0.717) is 0 Å². The standard InChI is InChI=1S/C19H21N5S/c1-15-4-6-17(7-5-15)24-18(16-8-10-20-11-9-16)21-23(19(24)25)14-22-12-2-3-13-22/h4-11H,2-3,12-14H2,1H3. The summed E-state index contributed by atoms with van der Waals surface area (Å²) >= 11 is 5.78. The molecule has 1 aromatic carbocycles. The molecule has 0 unspecified atom stereocenters. The van der Waals surface area contributed by atoms with Gasteiger partial charge in [0.15, 0.2) is 5.82 Å². The highest BCUT2D eigenvalue weighted by molar-refractivity contribution is 7.71. The molecule has 2 aromatic heterocycles. The van der Waals surface area contributed by atoms with Crippen LogP contribution in [0.3, 0.4) is 0 Å². The minimum absolute atomic E-state index is 0.725. The number of rotatable bonds is 4. The van der Waals surface area contributed by atoms with Gasteiger partial charge in [0, 0.05) is 23.6 Å². The Morgan fingerprint density at radius 3 is 2.36 bits per heavy atom. The SMILES string of the molecule is Cc1ccc(-n2c(-c3ccncc3)nn(CN3CCCC3)c2=S)cc1. The molecule has 25 heavy (non-hydrogen) atoms. The van der Waals surface area contributed by atoms with E-state index in [1.54, 1.807) is 12.4 Å². The van der Waals surface area contributed by atoms with Gasteiger partial charge in [-0.3, -0.25) is 14.5 Å². The number of aromatic nitrogens is 4. The van der Waals surface area contributed by atoms with E-state index >= 15 is 0 Å². The number of nitrogens with zero attached hydrogens (tertiary/aromatic N) is 5. The van der Waals surface area contributed by atoms with E-state index in [9.17, 15) is 0 Å². The number of pyridine rings is 1. The van der Waals surface area contributed by atoms with Gasteiger partial charge in [-0.2, -0.15) is 0 Å². The lowest BCUT2D eigenvalue weighted by Gasteiger charge is -2.13. The van der Waals surface area contributed by atoms with Crippen LogP contribution in [0.15, 0.2) is 48.8 Å². The fraction of sp³-hybridized carbons (Fsp3) is 0.316. The molecule has 1 saturated heterocycles. The number of hydrogen-bond acceptors (Lipinski definition) is 4. The van der Waals surface area contributed by atoms with Gasteiger partial charge in [0.2, 0.25) is 4.77 Å². The fourth-order valence-electron chi connectivity index (χ4n) is 3.23. The first-order chi connectivity index (χ1) is 12.2. The molecule has 4 rings (SSSR count). The zero-order valence-electron chi connectivity index (χ0n) is 14.3. The quantitative estimate of drug-likeness (QED) is 0.670. The fourth-order valence-corrected chi connectivity index (χ4v) is 3.52. The van der Waals surface area contributed by atoms with Crippen molar-refractivity contribution in [2.75, 3.05) is 13.1 Å². The summed E-state index contributed by atoms with van der Waals surface area (Å²) in [6.07, 6.45) is 6.08. The summed E-state index contributed by atoms with van der Waals surface area (Å²) < 4.78 is 4.72. The molecule has 0 atom stereocenters. The second-order valence-electron chi connectivity index (χ2n) is 6.48. The highest BCUT2D eigenvalue weighted by Crippen LogP contribution is 2.23. The molecular weight excluding hydrogens is 330 g/mol. The monoisotopic (exact) mass is 351 g/mol. The minimum atomic E-state index is 0.725. The topological polar surface area (TPSA) is 38.9 Å². The van der Waals surface area contributed by atoms with Crippen LogP contribution >= 0.6 is 12.2 Å². The third kappa shape index (κ3) is 3.27. The van der Waals surface area contributed by atoms with Crippen molar-refractivity contribution < 1.29 is 0 Å². The minimum Gasteiger partial charge on any atom is -0.284 e. The zero-order chi connectivity index (χ0) is 17.2. The first-order valence-corrected chi connectivity index (χ1v) is 9.03. The second-order valence-corrected chi connectivity index (χ2v) is 6.84. The molecule has 0 amide bonds. The van der Waals surface area contributed by atoms with Crippen molar-refractivity contribution >= 4 is 12.2 Å². The predicted molar refractivity (Wildman–Crippen MR) is 101 cm³/mol. The molecule has 128 valence electrons. The van der Waals surface area contributed by atoms with Crippen LogP contribution in [-0.2, 0) is 6.67 Å². The average molecular weight is 351 g/mol. The van der Waals surface area contributed by atoms with E-state index in [1.165, 1.54) is 18.4 Å². The summed E-state index contributed by atoms with van der Waals surface area (Å²) in [6.45, 7) is 5.06. The van der Waals surface area contributed by atoms with Gasteiger partial charge in [-0.1, -0.05) is 17.7 Å². The lowest BCUT2D eigenvalue weighted by molar-refractivity contribution is 0.253. The molecule has 0 radical (unpaired) electrons. The van der Waals surface area contributed by atoms with Gasteiger partial charge in [-0.25, -0.2) is 4.68 Å². The molecular formula is C19H21N5S. The van der Waals surface area contributed by atoms with Crippen molar-refractivity contribution in [2.24, 2.45) is 0 Å². The van der Waals surface area contributed by atoms with Crippen molar-refractivity contribution in [3.05, 3.63) is 59.1 Å². The first-order valence-electron chi connectivity index (χ1n) is 8.62. The smallest absolute Gasteiger partial charge is 0.204 e. The van der Waals surface area contributed by atoms with Gasteiger partial charge >= 0.3 is 0 Å². The molecule has 0 N–H and O–H groups in total. The Bertz CT molecular complexity index is 905. The van der Waals surface area contributed by atoms with Crippen LogP contribution in [-0.4, -0.2) is 37.3 Å². The summed E-state index contributed by atoms with van der Waals surface area (Å²) in [5, 5.41) is 4.85. The number of aryl methyl sites for hydroxylation is 1. The van der Waals surface area contributed by atoms with E-state index in [0.717, 1.165) is 41.6 Å². The van der Waals surface area contributed by atoms with E-state index in [4.69, 9.17) is 17.3 Å². The van der Waals surface area contributed by atoms with Crippen molar-refractivity contribution in [2.45, 2.75) is 26.4 Å². The maximum absolute atomic E-state index is 5.78. The zero-order valence-corrected chi connectivity index (χ0v) is 15.1. The highest BCUT2D eigenvalue weighted by atomic mass is 32.1. The van der Waals surface area contributed by atoms with Gasteiger partial charge in [-0.15, -0.1) is 5.10 Å². The average Bonchev–Trinajstić information content (AvgIpc) is 3.26. The van der Waals surface area contributed by atoms with Crippen LogP contribution in [0.5, 0.6) is 0 Å². The summed E-state index contributed by atoms with van der Waals surface area (Å²) in [6, 6.07) is 12.3. The van der Waals surface area contributed by atoms with Gasteiger partial charge in [-0.05, 0) is 69.3 Å². The number of likely N-dealkylation sites (tertiary alicyclic amines) is 1. The summed E-state index contributed by atoms with van der Waals surface area (Å²) in [5.74, 6) is 0.857. The number of benzene rings is 1. The highest BCUT2D eigenvalue weighted by Gasteiger charge is 2.18. The summed E-state index contributed by atoms with van der Waals surface area (Å²) in [5.41, 5.74) is 3.28. The van der Waals surface area contributed by atoms with Crippen LogP contribution in [0, 0.1) is 11.7 Å². The van der Waals surface area contributed by atoms with Crippen LogP contribution in [0.25, 0.3) is 17.1 Å². The van der Waals surface area contributed by atoms with Gasteiger partial charge in [0.25, 0.3) is 0 Å². The van der Waals surface area contributed by atoms with E-state index < -0.39 is 0 Å². The van der Waals surface area contributed by atoms with E-state index in [1.807, 2.05) is 16.8 Å². The molecule has 6 heteroatoms. The van der Waals surface area contributed by atoms with Crippen LogP contribution < -0.4 is 0 Å². The predicted octanol–water partition coefficient (Wildman–Crippen LogP) is 3.83. The first kappa shape index (κ1) is 16.2. The molecule has 0 spiro atoms. The van der Waals surface area contributed by atoms with Crippen molar-refractivity contribution in [3.63, 3.8) is 0 Å². The maximum Gasteiger partial charge on any atom is 0.204 e. The lowest BCUT2D eigenvalue weighted by Crippen LogP contribution is -2.23. The molecule has 3 aromatic rings. The maximum atomic E-state index is 5.78. The summed E-state index contributed by atoms with van der Waals surface area (Å²) in [7, 11) is 0. The van der Waals surface area contributed by atoms with E-state index in [-0.39, 0.29) is 0 Å². The third-order valence-electron chi connectivity index (χ3n) is 4.60. The Hall–Kier alpha value is -2.31. The second kappa shape index (κ2) is 6.90. The Labute approximate surface area is 152 Å². The summed E-state index contributed by atoms with van der Waals surface area (Å²) in [4.78, 5) is 6.52. The Kier molecular flexibility index (Phi) is 4.46. The van der Waals surface area contributed by atoms with Crippen molar-refractivity contribution in [1.29, 1.82) is 0 Å². The van der Waals surface area contributed by atoms with Crippen molar-refractivity contribution in [3.8, 4) is 17.1 Å². The van der Waals surface area contributed by atoms with Crippen LogP contribution in [0.4, 0.5) is 0 Å². The molecule has 1 fully saturated rings. The molecule has 1 aliphatic heterocycles. The normalized spacial score (nSPS) is 14.9. The van der Waals surface area contributed by atoms with Crippen molar-refractivity contribution in [1.82, 2.24) is 24.2 Å². The number of hydrogen-bond donors (Lipinski definition) is 0. The molecule has 0 aliphatic carbocycles. The molecule has 3 heterocycles.